The molecule has 6 nitrogen and oxygen atoms in total. The first kappa shape index (κ1) is 11.3. The van der Waals surface area contributed by atoms with Gasteiger partial charge in [-0.25, -0.2) is 18.4 Å². The number of hydrogen-bond donors (Lipinski definition) is 2. The molecule has 15 heavy (non-hydrogen) atoms. The molecule has 0 unspecified atom stereocenters. The fourth-order valence-corrected chi connectivity index (χ4v) is 1.75. The minimum absolute atomic E-state index is 0.164. The summed E-state index contributed by atoms with van der Waals surface area (Å²) < 4.78 is 22.0. The third-order valence-corrected chi connectivity index (χ3v) is 2.66. The Kier molecular flexibility index (Phi) is 2.87. The van der Waals surface area contributed by atoms with Crippen molar-refractivity contribution in [3.63, 3.8) is 0 Å². The van der Waals surface area contributed by atoms with E-state index in [9.17, 15) is 18.0 Å². The molecule has 0 aliphatic carbocycles. The van der Waals surface area contributed by atoms with Gasteiger partial charge in [-0.2, -0.15) is 0 Å². The number of rotatable bonds is 3. The first-order valence-corrected chi connectivity index (χ1v) is 5.26. The zero-order valence-electron chi connectivity index (χ0n) is 7.38. The van der Waals surface area contributed by atoms with Crippen LogP contribution in [0.3, 0.4) is 0 Å². The SMILES string of the molecule is NS(=O)(=O)c1cc(C(=O)O)ccc1C=O. The van der Waals surface area contributed by atoms with Crippen molar-refractivity contribution in [1.29, 1.82) is 0 Å². The Bertz CT molecular complexity index is 520. The summed E-state index contributed by atoms with van der Waals surface area (Å²) in [5, 5.41) is 13.4. The van der Waals surface area contributed by atoms with E-state index in [0.29, 0.717) is 6.29 Å². The summed E-state index contributed by atoms with van der Waals surface area (Å²) >= 11 is 0. The monoisotopic (exact) mass is 229 g/mol. The highest BCUT2D eigenvalue weighted by Crippen LogP contribution is 2.14. The Morgan fingerprint density at radius 2 is 2.00 bits per heavy atom. The number of sulfonamides is 1. The summed E-state index contributed by atoms with van der Waals surface area (Å²) in [7, 11) is -4.10. The maximum Gasteiger partial charge on any atom is 0.335 e. The van der Waals surface area contributed by atoms with E-state index in [2.05, 4.69) is 0 Å². The summed E-state index contributed by atoms with van der Waals surface area (Å²) in [5.74, 6) is -1.29. The van der Waals surface area contributed by atoms with Gasteiger partial charge in [0.05, 0.1) is 10.5 Å². The van der Waals surface area contributed by atoms with Crippen molar-refractivity contribution in [1.82, 2.24) is 0 Å². The summed E-state index contributed by atoms with van der Waals surface area (Å²) in [6.45, 7) is 0. The number of aldehydes is 1. The molecule has 0 atom stereocenters. The minimum atomic E-state index is -4.10. The average Bonchev–Trinajstić information content (AvgIpc) is 2.15. The Morgan fingerprint density at radius 3 is 2.40 bits per heavy atom. The number of carbonyl (C=O) groups excluding carboxylic acids is 1. The van der Waals surface area contributed by atoms with Gasteiger partial charge in [0.15, 0.2) is 6.29 Å². The smallest absolute Gasteiger partial charge is 0.335 e. The van der Waals surface area contributed by atoms with Gasteiger partial charge < -0.3 is 5.11 Å². The van der Waals surface area contributed by atoms with E-state index >= 15 is 0 Å². The van der Waals surface area contributed by atoms with Crippen LogP contribution in [0.5, 0.6) is 0 Å². The lowest BCUT2D eigenvalue weighted by Crippen LogP contribution is -2.15. The Balaban J connectivity index is 3.52. The molecule has 0 amide bonds. The second-order valence-electron chi connectivity index (χ2n) is 2.72. The summed E-state index contributed by atoms with van der Waals surface area (Å²) in [5.41, 5.74) is -0.410. The molecule has 80 valence electrons. The lowest BCUT2D eigenvalue weighted by Gasteiger charge is -2.02. The fourth-order valence-electron chi connectivity index (χ4n) is 1.01. The summed E-state index contributed by atoms with van der Waals surface area (Å²) in [6, 6.07) is 3.07. The number of nitrogens with two attached hydrogens (primary N) is 1. The van der Waals surface area contributed by atoms with Crippen LogP contribution in [0.4, 0.5) is 0 Å². The Hall–Kier alpha value is -1.73. The van der Waals surface area contributed by atoms with Crippen LogP contribution in [0.15, 0.2) is 23.1 Å². The van der Waals surface area contributed by atoms with E-state index in [1.54, 1.807) is 0 Å². The van der Waals surface area contributed by atoms with Crippen LogP contribution in [0, 0.1) is 0 Å². The first-order chi connectivity index (χ1) is 6.86. The predicted octanol–water partition coefficient (Wildman–Crippen LogP) is -0.155. The molecule has 0 aromatic heterocycles. The molecule has 0 fully saturated rings. The van der Waals surface area contributed by atoms with Gasteiger partial charge in [0.1, 0.15) is 0 Å². The van der Waals surface area contributed by atoms with Gasteiger partial charge in [-0.1, -0.05) is 0 Å². The van der Waals surface area contributed by atoms with E-state index in [4.69, 9.17) is 10.2 Å². The quantitative estimate of drug-likeness (QED) is 0.699. The van der Waals surface area contributed by atoms with Gasteiger partial charge in [-0.3, -0.25) is 4.79 Å². The molecule has 7 heteroatoms. The molecular weight excluding hydrogens is 222 g/mol. The zero-order chi connectivity index (χ0) is 11.6. The average molecular weight is 229 g/mol. The molecular formula is C8H7NO5S. The molecule has 0 heterocycles. The van der Waals surface area contributed by atoms with Crippen molar-refractivity contribution < 1.29 is 23.1 Å². The molecule has 0 aliphatic heterocycles. The van der Waals surface area contributed by atoms with Crippen molar-refractivity contribution in [2.24, 2.45) is 5.14 Å². The van der Waals surface area contributed by atoms with Crippen LogP contribution in [0.25, 0.3) is 0 Å². The molecule has 0 saturated carbocycles. The molecule has 1 rings (SSSR count). The standard InChI is InChI=1S/C8H7NO5S/c9-15(13,14)7-3-5(8(11)12)1-2-6(7)4-10/h1-4H,(H,11,12)(H2,9,13,14). The highest BCUT2D eigenvalue weighted by Gasteiger charge is 2.16. The van der Waals surface area contributed by atoms with Crippen LogP contribution in [-0.4, -0.2) is 25.8 Å². The van der Waals surface area contributed by atoms with Gasteiger partial charge in [0, 0.05) is 5.56 Å². The Morgan fingerprint density at radius 1 is 1.40 bits per heavy atom. The van der Waals surface area contributed by atoms with E-state index in [1.165, 1.54) is 0 Å². The van der Waals surface area contributed by atoms with Crippen LogP contribution in [-0.2, 0) is 10.0 Å². The molecule has 1 aromatic carbocycles. The molecule has 0 bridgehead atoms. The third-order valence-electron chi connectivity index (χ3n) is 1.69. The Labute approximate surface area is 85.4 Å². The van der Waals surface area contributed by atoms with Crippen LogP contribution in [0.1, 0.15) is 20.7 Å². The highest BCUT2D eigenvalue weighted by atomic mass is 32.2. The van der Waals surface area contributed by atoms with Crippen LogP contribution >= 0.6 is 0 Å². The lowest BCUT2D eigenvalue weighted by atomic mass is 10.1. The number of aromatic carboxylic acids is 1. The van der Waals surface area contributed by atoms with Gasteiger partial charge in [0.2, 0.25) is 10.0 Å². The molecule has 3 N–H and O–H groups in total. The van der Waals surface area contributed by atoms with Crippen molar-refractivity contribution in [2.75, 3.05) is 0 Å². The largest absolute Gasteiger partial charge is 0.478 e. The summed E-state index contributed by atoms with van der Waals surface area (Å²) in [6.07, 6.45) is 0.297. The fraction of sp³-hybridized carbons (Fsp3) is 0. The molecule has 1 aromatic rings. The van der Waals surface area contributed by atoms with Crippen molar-refractivity contribution in [3.8, 4) is 0 Å². The maximum absolute atomic E-state index is 11.0. The van der Waals surface area contributed by atoms with E-state index in [0.717, 1.165) is 18.2 Å². The third kappa shape index (κ3) is 2.39. The lowest BCUT2D eigenvalue weighted by molar-refractivity contribution is 0.0696. The highest BCUT2D eigenvalue weighted by molar-refractivity contribution is 7.89. The maximum atomic E-state index is 11.0. The number of carboxylic acid groups (broad SMARTS) is 1. The van der Waals surface area contributed by atoms with Gasteiger partial charge in [0.25, 0.3) is 0 Å². The van der Waals surface area contributed by atoms with Crippen molar-refractivity contribution >= 4 is 22.3 Å². The first-order valence-electron chi connectivity index (χ1n) is 3.71. The van der Waals surface area contributed by atoms with E-state index in [-0.39, 0.29) is 11.1 Å². The number of primary sulfonamides is 1. The minimum Gasteiger partial charge on any atom is -0.478 e. The molecule has 0 spiro atoms. The van der Waals surface area contributed by atoms with E-state index < -0.39 is 20.9 Å². The predicted molar refractivity (Wildman–Crippen MR) is 50.2 cm³/mol. The topological polar surface area (TPSA) is 115 Å². The molecule has 0 radical (unpaired) electrons. The second kappa shape index (κ2) is 3.79. The van der Waals surface area contributed by atoms with Crippen LogP contribution < -0.4 is 5.14 Å². The van der Waals surface area contributed by atoms with E-state index in [1.807, 2.05) is 0 Å². The molecule has 0 aliphatic rings. The normalized spacial score (nSPS) is 11.0. The number of benzene rings is 1. The van der Waals surface area contributed by atoms with Gasteiger partial charge in [-0.15, -0.1) is 0 Å². The van der Waals surface area contributed by atoms with Gasteiger partial charge >= 0.3 is 5.97 Å². The van der Waals surface area contributed by atoms with Crippen molar-refractivity contribution in [3.05, 3.63) is 29.3 Å². The second-order valence-corrected chi connectivity index (χ2v) is 4.25. The van der Waals surface area contributed by atoms with Crippen molar-refractivity contribution in [2.45, 2.75) is 4.90 Å². The molecule has 0 saturated heterocycles. The number of carbonyl (C=O) groups is 2. The van der Waals surface area contributed by atoms with Crippen LogP contribution in [0.2, 0.25) is 0 Å². The summed E-state index contributed by atoms with van der Waals surface area (Å²) in [4.78, 5) is 20.6. The number of carboxylic acids is 1. The zero-order valence-corrected chi connectivity index (χ0v) is 8.19. The van der Waals surface area contributed by atoms with Gasteiger partial charge in [-0.05, 0) is 18.2 Å². The number of hydrogen-bond acceptors (Lipinski definition) is 4.